The van der Waals surface area contributed by atoms with Gasteiger partial charge >= 0.3 is 0 Å². The van der Waals surface area contributed by atoms with Gasteiger partial charge in [0, 0.05) is 29.7 Å². The van der Waals surface area contributed by atoms with Gasteiger partial charge in [-0.15, -0.1) is 0 Å². The molecule has 3 aliphatic rings. The van der Waals surface area contributed by atoms with E-state index in [0.29, 0.717) is 24.0 Å². The van der Waals surface area contributed by atoms with Crippen molar-refractivity contribution >= 4 is 17.1 Å². The average molecular weight is 259 g/mol. The quantitative estimate of drug-likeness (QED) is 0.512. The van der Waals surface area contributed by atoms with E-state index in [0.717, 1.165) is 18.5 Å². The normalized spacial score (nSPS) is 36.3. The van der Waals surface area contributed by atoms with Crippen LogP contribution in [0.4, 0.5) is 11.4 Å². The van der Waals surface area contributed by atoms with E-state index in [9.17, 15) is 10.1 Å². The molecule has 0 aromatic heterocycles. The maximum absolute atomic E-state index is 10.5. The summed E-state index contributed by atoms with van der Waals surface area (Å²) in [7, 11) is 0. The predicted octanol–water partition coefficient (Wildman–Crippen LogP) is 2.17. The number of non-ortho nitro benzene ring substituents is 1. The van der Waals surface area contributed by atoms with Crippen LogP contribution < -0.4 is 5.43 Å². The van der Waals surface area contributed by atoms with Crippen LogP contribution in [0, 0.1) is 22.0 Å². The number of nitrogens with one attached hydrogen (secondary N) is 1. The summed E-state index contributed by atoms with van der Waals surface area (Å²) in [5, 5.41) is 15.0. The van der Waals surface area contributed by atoms with E-state index in [2.05, 4.69) is 10.5 Å². The Balaban J connectivity index is 1.41. The van der Waals surface area contributed by atoms with Gasteiger partial charge in [-0.1, -0.05) is 0 Å². The monoisotopic (exact) mass is 259 g/mol. The van der Waals surface area contributed by atoms with Crippen LogP contribution in [0.1, 0.15) is 12.8 Å². The van der Waals surface area contributed by atoms with Gasteiger partial charge < -0.3 is 4.74 Å². The van der Waals surface area contributed by atoms with Gasteiger partial charge in [-0.3, -0.25) is 15.5 Å². The van der Waals surface area contributed by atoms with E-state index in [1.54, 1.807) is 12.1 Å². The molecule has 0 spiro atoms. The highest BCUT2D eigenvalue weighted by atomic mass is 16.6. The lowest BCUT2D eigenvalue weighted by molar-refractivity contribution is -0.384. The highest BCUT2D eigenvalue weighted by Gasteiger charge is 2.61. The Morgan fingerprint density at radius 1 is 1.37 bits per heavy atom. The molecule has 2 saturated carbocycles. The lowest BCUT2D eigenvalue weighted by Gasteiger charge is -2.33. The Labute approximate surface area is 109 Å². The van der Waals surface area contributed by atoms with Gasteiger partial charge in [0.05, 0.1) is 22.8 Å². The summed E-state index contributed by atoms with van der Waals surface area (Å²) < 4.78 is 5.49. The van der Waals surface area contributed by atoms with Gasteiger partial charge in [0.15, 0.2) is 0 Å². The second kappa shape index (κ2) is 3.77. The number of nitro groups is 1. The molecule has 2 aliphatic carbocycles. The molecular weight excluding hydrogens is 246 g/mol. The molecule has 0 amide bonds. The van der Waals surface area contributed by atoms with E-state index in [-0.39, 0.29) is 5.69 Å². The lowest BCUT2D eigenvalue weighted by atomic mass is 9.73. The Hall–Kier alpha value is -1.95. The zero-order valence-electron chi connectivity index (χ0n) is 10.2. The number of anilines is 1. The second-order valence-corrected chi connectivity index (χ2v) is 5.37. The summed E-state index contributed by atoms with van der Waals surface area (Å²) in [4.78, 5) is 10.1. The van der Waals surface area contributed by atoms with Crippen molar-refractivity contribution < 1.29 is 9.66 Å². The molecular formula is C13H13N3O3. The maximum Gasteiger partial charge on any atom is 0.269 e. The first-order chi connectivity index (χ1) is 9.22. The number of hydrogen-bond donors (Lipinski definition) is 1. The minimum absolute atomic E-state index is 0.0925. The van der Waals surface area contributed by atoms with Crippen LogP contribution in [0.25, 0.3) is 0 Å². The van der Waals surface area contributed by atoms with Crippen molar-refractivity contribution in [3.05, 3.63) is 34.4 Å². The van der Waals surface area contributed by atoms with E-state index in [1.165, 1.54) is 17.8 Å². The van der Waals surface area contributed by atoms with Crippen molar-refractivity contribution in [1.29, 1.82) is 0 Å². The minimum Gasteiger partial charge on any atom is -0.369 e. The molecule has 1 aromatic carbocycles. The molecule has 4 rings (SSSR count). The number of epoxide rings is 1. The summed E-state index contributed by atoms with van der Waals surface area (Å²) in [6, 6.07) is 6.30. The number of nitro benzene ring substituents is 1. The van der Waals surface area contributed by atoms with Crippen molar-refractivity contribution in [2.75, 3.05) is 5.43 Å². The summed E-state index contributed by atoms with van der Waals surface area (Å²) in [6.07, 6.45) is 3.12. The molecule has 0 radical (unpaired) electrons. The van der Waals surface area contributed by atoms with Crippen LogP contribution >= 0.6 is 0 Å². The van der Waals surface area contributed by atoms with Crippen LogP contribution in [0.15, 0.2) is 29.4 Å². The zero-order chi connectivity index (χ0) is 13.0. The first kappa shape index (κ1) is 10.9. The Bertz CT molecular complexity index is 569. The smallest absolute Gasteiger partial charge is 0.269 e. The van der Waals surface area contributed by atoms with Gasteiger partial charge in [-0.05, 0) is 25.0 Å². The zero-order valence-corrected chi connectivity index (χ0v) is 10.2. The van der Waals surface area contributed by atoms with Crippen molar-refractivity contribution in [3.63, 3.8) is 0 Å². The van der Waals surface area contributed by atoms with Crippen LogP contribution in [-0.4, -0.2) is 22.8 Å². The highest BCUT2D eigenvalue weighted by Crippen LogP contribution is 2.55. The number of hydrogen-bond acceptors (Lipinski definition) is 5. The number of rotatable bonds is 3. The average Bonchev–Trinajstić information content (AvgIpc) is 3.09. The van der Waals surface area contributed by atoms with Crippen molar-refractivity contribution in [2.24, 2.45) is 16.9 Å². The molecule has 0 bridgehead atoms. The molecule has 19 heavy (non-hydrogen) atoms. The Morgan fingerprint density at radius 2 is 2.16 bits per heavy atom. The third-order valence-corrected chi connectivity index (χ3v) is 4.33. The van der Waals surface area contributed by atoms with E-state index in [4.69, 9.17) is 4.74 Å². The molecule has 1 aliphatic heterocycles. The lowest BCUT2D eigenvalue weighted by Crippen LogP contribution is -2.37. The van der Waals surface area contributed by atoms with Crippen LogP contribution in [0.2, 0.25) is 0 Å². The third kappa shape index (κ3) is 1.71. The number of fused-ring (bicyclic) bond motifs is 3. The third-order valence-electron chi connectivity index (χ3n) is 4.33. The van der Waals surface area contributed by atoms with E-state index < -0.39 is 4.92 Å². The molecule has 1 N–H and O–H groups in total. The summed E-state index contributed by atoms with van der Waals surface area (Å²) >= 11 is 0. The molecule has 1 aromatic rings. The second-order valence-electron chi connectivity index (χ2n) is 5.37. The van der Waals surface area contributed by atoms with Gasteiger partial charge in [0.25, 0.3) is 5.69 Å². The molecule has 6 nitrogen and oxygen atoms in total. The number of benzene rings is 1. The molecule has 3 fully saturated rings. The first-order valence-electron chi connectivity index (χ1n) is 6.45. The standard InChI is InChI=1S/C13H13N3O3/c17-16(18)8-3-1-7(2-4-8)14-15-11-5-10-9(11)6-12-13(10)19-12/h1-4,9-10,12-14H,5-6H2. The fraction of sp³-hybridized carbons (Fsp3) is 0.462. The summed E-state index contributed by atoms with van der Waals surface area (Å²) in [6.45, 7) is 0. The molecule has 1 saturated heterocycles. The van der Waals surface area contributed by atoms with Crippen LogP contribution in [0.3, 0.4) is 0 Å². The topological polar surface area (TPSA) is 80.1 Å². The Morgan fingerprint density at radius 3 is 2.84 bits per heavy atom. The van der Waals surface area contributed by atoms with Crippen molar-refractivity contribution in [1.82, 2.24) is 0 Å². The highest BCUT2D eigenvalue weighted by molar-refractivity contribution is 5.94. The van der Waals surface area contributed by atoms with E-state index >= 15 is 0 Å². The van der Waals surface area contributed by atoms with Gasteiger partial charge in [0.1, 0.15) is 0 Å². The summed E-state index contributed by atoms with van der Waals surface area (Å²) in [5.41, 5.74) is 5.06. The molecule has 6 heteroatoms. The molecule has 4 atom stereocenters. The molecule has 4 unspecified atom stereocenters. The number of ether oxygens (including phenoxy) is 1. The van der Waals surface area contributed by atoms with E-state index in [1.807, 2.05) is 0 Å². The SMILES string of the molecule is O=[N+]([O-])c1ccc(NN=C2CC3C2CC2OC23)cc1. The fourth-order valence-electron chi connectivity index (χ4n) is 3.17. The van der Waals surface area contributed by atoms with Crippen molar-refractivity contribution in [2.45, 2.75) is 25.0 Å². The maximum atomic E-state index is 10.5. The fourth-order valence-corrected chi connectivity index (χ4v) is 3.17. The van der Waals surface area contributed by atoms with Crippen LogP contribution in [-0.2, 0) is 4.74 Å². The predicted molar refractivity (Wildman–Crippen MR) is 69.0 cm³/mol. The van der Waals surface area contributed by atoms with Crippen LogP contribution in [0.5, 0.6) is 0 Å². The minimum atomic E-state index is -0.406. The first-order valence-corrected chi connectivity index (χ1v) is 6.45. The largest absolute Gasteiger partial charge is 0.369 e. The van der Waals surface area contributed by atoms with Crippen molar-refractivity contribution in [3.8, 4) is 0 Å². The Kier molecular flexibility index (Phi) is 2.17. The molecule has 1 heterocycles. The van der Waals surface area contributed by atoms with Gasteiger partial charge in [0.2, 0.25) is 0 Å². The number of nitrogens with zero attached hydrogens (tertiary/aromatic N) is 2. The van der Waals surface area contributed by atoms with Gasteiger partial charge in [-0.2, -0.15) is 5.10 Å². The molecule has 98 valence electrons. The summed E-state index contributed by atoms with van der Waals surface area (Å²) in [5.74, 6) is 1.27. The number of hydrazone groups is 1. The van der Waals surface area contributed by atoms with Gasteiger partial charge in [-0.25, -0.2) is 0 Å².